The highest BCUT2D eigenvalue weighted by Gasteiger charge is 2.18. The fourth-order valence-corrected chi connectivity index (χ4v) is 1.97. The predicted octanol–water partition coefficient (Wildman–Crippen LogP) is 1.58. The summed E-state index contributed by atoms with van der Waals surface area (Å²) in [5.74, 6) is -0.279. The van der Waals surface area contributed by atoms with Crippen LogP contribution in [0.25, 0.3) is 0 Å². The number of nitro benzene ring substituents is 1. The van der Waals surface area contributed by atoms with Crippen molar-refractivity contribution in [1.82, 2.24) is 15.1 Å². The molecule has 2 aromatic rings. The van der Waals surface area contributed by atoms with E-state index in [2.05, 4.69) is 10.4 Å². The van der Waals surface area contributed by atoms with E-state index in [1.54, 1.807) is 10.9 Å². The van der Waals surface area contributed by atoms with Gasteiger partial charge < -0.3 is 10.1 Å². The lowest BCUT2D eigenvalue weighted by Gasteiger charge is -2.07. The van der Waals surface area contributed by atoms with E-state index in [9.17, 15) is 14.9 Å². The van der Waals surface area contributed by atoms with E-state index >= 15 is 0 Å². The summed E-state index contributed by atoms with van der Waals surface area (Å²) in [6, 6.07) is 4.09. The topological polar surface area (TPSA) is 99.3 Å². The summed E-state index contributed by atoms with van der Waals surface area (Å²) in [6.07, 6.45) is 1.67. The van der Waals surface area contributed by atoms with Crippen molar-refractivity contribution >= 4 is 11.6 Å². The highest BCUT2D eigenvalue weighted by atomic mass is 16.6. The van der Waals surface area contributed by atoms with Crippen molar-refractivity contribution in [2.24, 2.45) is 7.05 Å². The maximum Gasteiger partial charge on any atom is 0.311 e. The van der Waals surface area contributed by atoms with Gasteiger partial charge in [0.05, 0.1) is 18.2 Å². The van der Waals surface area contributed by atoms with Crippen molar-refractivity contribution in [3.63, 3.8) is 0 Å². The second kappa shape index (κ2) is 6.25. The molecule has 0 aliphatic heterocycles. The number of benzene rings is 1. The molecule has 1 aromatic heterocycles. The van der Waals surface area contributed by atoms with Crippen LogP contribution in [0.4, 0.5) is 5.69 Å². The van der Waals surface area contributed by atoms with E-state index in [0.29, 0.717) is 6.54 Å². The maximum atomic E-state index is 12.1. The molecule has 0 bridgehead atoms. The molecule has 2 rings (SSSR count). The summed E-state index contributed by atoms with van der Waals surface area (Å²) in [6.45, 7) is 2.20. The molecular weight excluding hydrogens is 288 g/mol. The summed E-state index contributed by atoms with van der Waals surface area (Å²) >= 11 is 0. The third-order valence-corrected chi connectivity index (χ3v) is 3.41. The van der Waals surface area contributed by atoms with Crippen molar-refractivity contribution in [1.29, 1.82) is 0 Å². The Balaban J connectivity index is 2.14. The Hall–Kier alpha value is -2.90. The summed E-state index contributed by atoms with van der Waals surface area (Å²) in [7, 11) is 3.15. The van der Waals surface area contributed by atoms with Crippen LogP contribution in [0.15, 0.2) is 24.4 Å². The standard InChI is InChI=1S/C14H16N4O4/c1-9-11(8-16-17(9)2)7-15-14(19)10-4-5-13(22-3)12(6-10)18(20)21/h4-6,8H,7H2,1-3H3,(H,15,19). The Morgan fingerprint density at radius 3 is 2.77 bits per heavy atom. The van der Waals surface area contributed by atoms with Crippen molar-refractivity contribution in [3.8, 4) is 5.75 Å². The van der Waals surface area contributed by atoms with Crippen LogP contribution >= 0.6 is 0 Å². The van der Waals surface area contributed by atoms with Crippen LogP contribution in [0.2, 0.25) is 0 Å². The van der Waals surface area contributed by atoms with Crippen molar-refractivity contribution in [3.05, 3.63) is 51.3 Å². The first kappa shape index (κ1) is 15.5. The molecular formula is C14H16N4O4. The zero-order chi connectivity index (χ0) is 16.3. The molecule has 0 radical (unpaired) electrons. The van der Waals surface area contributed by atoms with Crippen LogP contribution < -0.4 is 10.1 Å². The number of hydrogen-bond acceptors (Lipinski definition) is 5. The molecule has 0 unspecified atom stereocenters. The minimum absolute atomic E-state index is 0.115. The number of methoxy groups -OCH3 is 1. The third-order valence-electron chi connectivity index (χ3n) is 3.41. The van der Waals surface area contributed by atoms with Crippen LogP contribution in [0.1, 0.15) is 21.6 Å². The minimum Gasteiger partial charge on any atom is -0.490 e. The zero-order valence-corrected chi connectivity index (χ0v) is 12.5. The van der Waals surface area contributed by atoms with Crippen molar-refractivity contribution in [2.75, 3.05) is 7.11 Å². The SMILES string of the molecule is COc1ccc(C(=O)NCc2cnn(C)c2C)cc1[N+](=O)[O-]. The average molecular weight is 304 g/mol. The van der Waals surface area contributed by atoms with E-state index in [1.807, 2.05) is 14.0 Å². The lowest BCUT2D eigenvalue weighted by Crippen LogP contribution is -2.23. The monoisotopic (exact) mass is 304 g/mol. The summed E-state index contributed by atoms with van der Waals surface area (Å²) in [4.78, 5) is 22.5. The summed E-state index contributed by atoms with van der Waals surface area (Å²) < 4.78 is 6.61. The lowest BCUT2D eigenvalue weighted by molar-refractivity contribution is -0.385. The zero-order valence-electron chi connectivity index (χ0n) is 12.5. The number of nitrogens with zero attached hydrogens (tertiary/aromatic N) is 3. The van der Waals surface area contributed by atoms with Gasteiger partial charge >= 0.3 is 5.69 Å². The van der Waals surface area contributed by atoms with Gasteiger partial charge in [0.25, 0.3) is 5.91 Å². The first-order chi connectivity index (χ1) is 10.4. The average Bonchev–Trinajstić information content (AvgIpc) is 2.83. The fourth-order valence-electron chi connectivity index (χ4n) is 1.97. The molecule has 0 atom stereocenters. The van der Waals surface area contributed by atoms with Crippen LogP contribution in [-0.2, 0) is 13.6 Å². The molecule has 116 valence electrons. The number of rotatable bonds is 5. The number of nitrogens with one attached hydrogen (secondary N) is 1. The third kappa shape index (κ3) is 3.05. The van der Waals surface area contributed by atoms with Crippen LogP contribution in [0.5, 0.6) is 5.75 Å². The number of carbonyl (C=O) groups excluding carboxylic acids is 1. The van der Waals surface area contributed by atoms with Crippen molar-refractivity contribution < 1.29 is 14.5 Å². The highest BCUT2D eigenvalue weighted by molar-refractivity contribution is 5.95. The smallest absolute Gasteiger partial charge is 0.311 e. The van der Waals surface area contributed by atoms with E-state index in [4.69, 9.17) is 4.74 Å². The van der Waals surface area contributed by atoms with Gasteiger partial charge in [0.2, 0.25) is 0 Å². The Bertz CT molecular complexity index is 724. The number of amides is 1. The van der Waals surface area contributed by atoms with Gasteiger partial charge in [-0.1, -0.05) is 0 Å². The predicted molar refractivity (Wildman–Crippen MR) is 78.8 cm³/mol. The maximum absolute atomic E-state index is 12.1. The first-order valence-corrected chi connectivity index (χ1v) is 6.52. The van der Waals surface area contributed by atoms with Gasteiger partial charge in [-0.15, -0.1) is 0 Å². The van der Waals surface area contributed by atoms with Gasteiger partial charge in [-0.25, -0.2) is 0 Å². The Morgan fingerprint density at radius 1 is 1.50 bits per heavy atom. The molecule has 0 spiro atoms. The Labute approximate surface area is 126 Å². The minimum atomic E-state index is -0.582. The number of nitro groups is 1. The van der Waals surface area contributed by atoms with E-state index in [-0.39, 0.29) is 17.0 Å². The van der Waals surface area contributed by atoms with E-state index in [1.165, 1.54) is 25.3 Å². The van der Waals surface area contributed by atoms with Crippen molar-refractivity contribution in [2.45, 2.75) is 13.5 Å². The summed E-state index contributed by atoms with van der Waals surface area (Å²) in [5.41, 5.74) is 1.79. The molecule has 1 amide bonds. The molecule has 1 N–H and O–H groups in total. The first-order valence-electron chi connectivity index (χ1n) is 6.52. The Morgan fingerprint density at radius 2 is 2.23 bits per heavy atom. The second-order valence-corrected chi connectivity index (χ2v) is 4.71. The molecule has 0 saturated carbocycles. The van der Waals surface area contributed by atoms with E-state index < -0.39 is 10.8 Å². The molecule has 0 saturated heterocycles. The normalized spacial score (nSPS) is 10.3. The van der Waals surface area contributed by atoms with Gasteiger partial charge in [-0.3, -0.25) is 19.6 Å². The highest BCUT2D eigenvalue weighted by Crippen LogP contribution is 2.27. The van der Waals surface area contributed by atoms with Gasteiger partial charge in [0, 0.05) is 36.5 Å². The second-order valence-electron chi connectivity index (χ2n) is 4.71. The number of ether oxygens (including phenoxy) is 1. The molecule has 1 aromatic carbocycles. The number of carbonyl (C=O) groups is 1. The summed E-state index contributed by atoms with van der Waals surface area (Å²) in [5, 5.41) is 17.8. The lowest BCUT2D eigenvalue weighted by atomic mass is 10.1. The molecule has 22 heavy (non-hydrogen) atoms. The number of aryl methyl sites for hydroxylation is 1. The van der Waals surface area contributed by atoms with E-state index in [0.717, 1.165) is 11.3 Å². The molecule has 0 aliphatic carbocycles. The van der Waals surface area contributed by atoms with Crippen LogP contribution in [-0.4, -0.2) is 27.7 Å². The largest absolute Gasteiger partial charge is 0.490 e. The van der Waals surface area contributed by atoms with Gasteiger partial charge in [0.1, 0.15) is 0 Å². The number of hydrogen-bond donors (Lipinski definition) is 1. The van der Waals surface area contributed by atoms with Gasteiger partial charge in [0.15, 0.2) is 5.75 Å². The number of aromatic nitrogens is 2. The van der Waals surface area contributed by atoms with Crippen LogP contribution in [0.3, 0.4) is 0 Å². The Kier molecular flexibility index (Phi) is 4.40. The fraction of sp³-hybridized carbons (Fsp3) is 0.286. The van der Waals surface area contributed by atoms with Crippen LogP contribution in [0, 0.1) is 17.0 Å². The van der Waals surface area contributed by atoms with Gasteiger partial charge in [-0.05, 0) is 19.1 Å². The quantitative estimate of drug-likeness (QED) is 0.667. The molecule has 8 nitrogen and oxygen atoms in total. The molecule has 0 aliphatic rings. The molecule has 0 fully saturated rings. The molecule has 1 heterocycles. The molecule has 8 heteroatoms. The van der Waals surface area contributed by atoms with Gasteiger partial charge in [-0.2, -0.15) is 5.10 Å².